The van der Waals surface area contributed by atoms with Gasteiger partial charge in [-0.1, -0.05) is 208 Å². The lowest BCUT2D eigenvalue weighted by Gasteiger charge is -2.40. The third-order valence-electron chi connectivity index (χ3n) is 20.0. The Balaban J connectivity index is 0.000000182. The SMILES string of the molecule is C.CN(CC(=O)N(Cc1ccccc1)Cc1ccccc1)C[C@@H](O)COc1cccc2ncccc12.CN(CC(=O)N1CCN(C(c2ccccc2)c2ccccc2)CC1)C[C@@H](O)COc1cccc2ncccc12.CN(CC(=O)NC(CCCc1ccccc1)CCCc1ccccc1)C[C@@H](O)COc1cccc2ncccc12. The van der Waals surface area contributed by atoms with Crippen LogP contribution in [0.25, 0.3) is 32.7 Å². The van der Waals surface area contributed by atoms with Crippen LogP contribution in [-0.4, -0.2) is 208 Å². The molecule has 0 aliphatic carbocycles. The molecule has 3 atom stereocenters. The van der Waals surface area contributed by atoms with Gasteiger partial charge in [-0.15, -0.1) is 0 Å². The molecular weight excluding hydrogens is 1440 g/mol. The van der Waals surface area contributed by atoms with Crippen molar-refractivity contribution in [2.24, 2.45) is 0 Å². The fourth-order valence-electron chi connectivity index (χ4n) is 14.4. The van der Waals surface area contributed by atoms with Crippen molar-refractivity contribution in [1.82, 2.24) is 49.7 Å². The summed E-state index contributed by atoms with van der Waals surface area (Å²) in [6.45, 7) is 6.15. The maximum atomic E-state index is 13.2. The zero-order valence-corrected chi connectivity index (χ0v) is 65.8. The van der Waals surface area contributed by atoms with Crippen LogP contribution < -0.4 is 19.5 Å². The van der Waals surface area contributed by atoms with E-state index in [2.05, 4.69) is 122 Å². The topological polar surface area (TPSA) is 210 Å². The number of rotatable bonds is 37. The number of nitrogens with one attached hydrogen (secondary N) is 1. The number of aromatic nitrogens is 3. The second kappa shape index (κ2) is 46.2. The van der Waals surface area contributed by atoms with Crippen LogP contribution in [0.2, 0.25) is 0 Å². The molecule has 0 radical (unpaired) electrons. The van der Waals surface area contributed by atoms with Crippen molar-refractivity contribution in [3.8, 4) is 17.2 Å². The Morgan fingerprint density at radius 3 is 1.14 bits per heavy atom. The number of aryl methyl sites for hydroxylation is 2. The monoisotopic (exact) mass is 1550 g/mol. The molecule has 1 aliphatic heterocycles. The number of hydrogen-bond donors (Lipinski definition) is 4. The number of likely N-dealkylation sites (N-methyl/N-ethyl adjacent to an activating group) is 3. The van der Waals surface area contributed by atoms with E-state index in [-0.39, 0.29) is 76.7 Å². The first-order chi connectivity index (χ1) is 55.7. The first-order valence-electron chi connectivity index (χ1n) is 39.6. The summed E-state index contributed by atoms with van der Waals surface area (Å²) in [6, 6.07) is 90.9. The van der Waals surface area contributed by atoms with Crippen molar-refractivity contribution in [2.45, 2.75) is 89.4 Å². The van der Waals surface area contributed by atoms with Gasteiger partial charge >= 0.3 is 0 Å². The van der Waals surface area contributed by atoms with E-state index in [1.54, 1.807) is 18.6 Å². The highest BCUT2D eigenvalue weighted by atomic mass is 16.5. The summed E-state index contributed by atoms with van der Waals surface area (Å²) in [6.07, 6.45) is 8.99. The van der Waals surface area contributed by atoms with Crippen LogP contribution in [0.5, 0.6) is 17.2 Å². The van der Waals surface area contributed by atoms with Gasteiger partial charge in [-0.25, -0.2) is 0 Å². The number of aliphatic hydroxyl groups excluding tert-OH is 3. The number of pyridine rings is 3. The van der Waals surface area contributed by atoms with Gasteiger partial charge in [0.1, 0.15) is 55.4 Å². The summed E-state index contributed by atoms with van der Waals surface area (Å²) in [5.41, 5.74) is 9.89. The third kappa shape index (κ3) is 28.1. The van der Waals surface area contributed by atoms with Crippen molar-refractivity contribution in [1.29, 1.82) is 0 Å². The molecule has 0 saturated carbocycles. The number of carbonyl (C=O) groups excluding carboxylic acids is 3. The van der Waals surface area contributed by atoms with Crippen LogP contribution in [0.3, 0.4) is 0 Å². The number of ether oxygens (including phenoxy) is 3. The predicted molar refractivity (Wildman–Crippen MR) is 460 cm³/mol. The minimum Gasteiger partial charge on any atom is -0.490 e. The Morgan fingerprint density at radius 1 is 0.409 bits per heavy atom. The van der Waals surface area contributed by atoms with Gasteiger partial charge in [0, 0.05) is 99.7 Å². The molecule has 19 nitrogen and oxygen atoms in total. The average molecular weight is 1550 g/mol. The van der Waals surface area contributed by atoms with Crippen LogP contribution in [0.1, 0.15) is 72.5 Å². The number of amides is 3. The maximum Gasteiger partial charge on any atom is 0.237 e. The highest BCUT2D eigenvalue weighted by Crippen LogP contribution is 2.31. The first kappa shape index (κ1) is 86.2. The molecule has 3 amide bonds. The number of nitrogens with zero attached hydrogens (tertiary/aromatic N) is 9. The fourth-order valence-corrected chi connectivity index (χ4v) is 14.4. The van der Waals surface area contributed by atoms with Gasteiger partial charge in [0.2, 0.25) is 17.7 Å². The van der Waals surface area contributed by atoms with Crippen LogP contribution in [0, 0.1) is 0 Å². The lowest BCUT2D eigenvalue weighted by atomic mass is 9.96. The Kier molecular flexibility index (Phi) is 34.6. The van der Waals surface area contributed by atoms with E-state index in [0.717, 1.165) is 95.5 Å². The molecule has 0 spiro atoms. The highest BCUT2D eigenvalue weighted by molar-refractivity contribution is 5.86. The van der Waals surface area contributed by atoms with Crippen LogP contribution in [0.15, 0.2) is 292 Å². The smallest absolute Gasteiger partial charge is 0.237 e. The first-order valence-corrected chi connectivity index (χ1v) is 39.6. The third-order valence-corrected chi connectivity index (χ3v) is 20.0. The van der Waals surface area contributed by atoms with Crippen molar-refractivity contribution in [3.63, 3.8) is 0 Å². The molecule has 0 unspecified atom stereocenters. The van der Waals surface area contributed by atoms with E-state index in [1.165, 1.54) is 22.3 Å². The summed E-state index contributed by atoms with van der Waals surface area (Å²) < 4.78 is 17.7. The number of fused-ring (bicyclic) bond motifs is 3. The molecule has 3 aromatic heterocycles. The lowest BCUT2D eigenvalue weighted by Crippen LogP contribution is -2.52. The molecule has 1 aliphatic rings. The Morgan fingerprint density at radius 2 is 0.757 bits per heavy atom. The summed E-state index contributed by atoms with van der Waals surface area (Å²) in [5, 5.41) is 37.7. The molecule has 19 heteroatoms. The molecule has 0 bridgehead atoms. The van der Waals surface area contributed by atoms with Gasteiger partial charge < -0.3 is 44.6 Å². The number of benzene rings is 9. The van der Waals surface area contributed by atoms with Gasteiger partial charge in [-0.05, 0) is 166 Å². The number of hydrogen-bond acceptors (Lipinski definition) is 16. The van der Waals surface area contributed by atoms with Crippen molar-refractivity contribution >= 4 is 50.4 Å². The van der Waals surface area contributed by atoms with Crippen LogP contribution in [-0.2, 0) is 40.3 Å². The van der Waals surface area contributed by atoms with Crippen LogP contribution in [0.4, 0.5) is 0 Å². The van der Waals surface area contributed by atoms with Crippen LogP contribution >= 0.6 is 0 Å². The van der Waals surface area contributed by atoms with Gasteiger partial charge in [-0.2, -0.15) is 0 Å². The van der Waals surface area contributed by atoms with E-state index in [4.69, 9.17) is 14.2 Å². The molecule has 9 aromatic carbocycles. The summed E-state index contributed by atoms with van der Waals surface area (Å²) >= 11 is 0. The molecule has 1 fully saturated rings. The zero-order valence-electron chi connectivity index (χ0n) is 65.8. The maximum absolute atomic E-state index is 13.2. The van der Waals surface area contributed by atoms with Gasteiger partial charge in [0.15, 0.2) is 0 Å². The average Bonchev–Trinajstić information content (AvgIpc) is 0.846. The minimum atomic E-state index is -0.739. The minimum absolute atomic E-state index is 0. The number of aliphatic hydroxyl groups is 3. The lowest BCUT2D eigenvalue weighted by molar-refractivity contribution is -0.135. The largest absolute Gasteiger partial charge is 0.490 e. The predicted octanol–water partition coefficient (Wildman–Crippen LogP) is 14.0. The van der Waals surface area contributed by atoms with Crippen molar-refractivity contribution in [3.05, 3.63) is 325 Å². The molecule has 13 rings (SSSR count). The molecule has 4 N–H and O–H groups in total. The van der Waals surface area contributed by atoms with E-state index < -0.39 is 18.3 Å². The Hall–Kier alpha value is -11.3. The van der Waals surface area contributed by atoms with E-state index >= 15 is 0 Å². The number of carbonyl (C=O) groups is 3. The van der Waals surface area contributed by atoms with Crippen molar-refractivity contribution < 1.29 is 43.9 Å². The summed E-state index contributed by atoms with van der Waals surface area (Å²) in [5.74, 6) is 2.15. The molecule has 600 valence electrons. The quantitative estimate of drug-likeness (QED) is 0.0285. The van der Waals surface area contributed by atoms with Crippen molar-refractivity contribution in [2.75, 3.05) is 106 Å². The second-order valence-electron chi connectivity index (χ2n) is 29.3. The summed E-state index contributed by atoms with van der Waals surface area (Å²) in [7, 11) is 5.55. The van der Waals surface area contributed by atoms with Gasteiger partial charge in [-0.3, -0.25) is 48.9 Å². The van der Waals surface area contributed by atoms with E-state index in [1.807, 2.05) is 222 Å². The molecule has 1 saturated heterocycles. The standard InChI is InChI=1S/C34H41N3O3.C32H36N4O3.C29H31N3O3.CH4/c1-37(24-30(38)26-40-33-22-10-21-32-31(33)20-11-23-35-32)25-34(39)36-29(18-8-16-27-12-4-2-5-13-27)19-9-17-28-14-6-3-7-15-28;1-34(22-27(37)24-39-30-16-8-15-29-28(30)14-9-17-33-29)23-31(38)35-18-20-36(21-19-35)32(25-10-4-2-5-11-25)26-12-6-3-7-13-26;1-31(20-25(33)22-35-28-16-8-15-27-26(28)14-9-17-30-27)21-29(34)32(18-23-10-4-2-5-11-23)19-24-12-6-3-7-13-24;/h2-7,10-15,20-23,29-30,38H,8-9,16-19,24-26H2,1H3,(H,36,39);2-17,27,32,37H,18-24H2,1H3;2-17,25,33H,18-22H2,1H3;1H4/t30-;27-;25-;/m111./s1. The normalized spacial score (nSPS) is 13.0. The van der Waals surface area contributed by atoms with E-state index in [0.29, 0.717) is 63.1 Å². The zero-order chi connectivity index (χ0) is 79.5. The number of piperazine rings is 1. The molecule has 115 heavy (non-hydrogen) atoms. The van der Waals surface area contributed by atoms with Gasteiger partial charge in [0.25, 0.3) is 0 Å². The summed E-state index contributed by atoms with van der Waals surface area (Å²) in [4.78, 5) is 64.1. The highest BCUT2D eigenvalue weighted by Gasteiger charge is 2.29. The Labute approximate surface area is 678 Å². The fraction of sp³-hybridized carbons (Fsp3) is 0.312. The Bertz CT molecular complexity index is 4680. The molecule has 12 aromatic rings. The molecule has 4 heterocycles. The van der Waals surface area contributed by atoms with Gasteiger partial charge in [0.05, 0.1) is 42.2 Å². The second-order valence-corrected chi connectivity index (χ2v) is 29.3. The van der Waals surface area contributed by atoms with E-state index in [9.17, 15) is 29.7 Å². The molecular formula is C96H112N10O9.